The highest BCUT2D eigenvalue weighted by Gasteiger charge is 2.36. The van der Waals surface area contributed by atoms with Crippen LogP contribution in [0.25, 0.3) is 5.78 Å². The van der Waals surface area contributed by atoms with Gasteiger partial charge in [0.15, 0.2) is 0 Å². The SMILES string of the molecule is O=C(c1cn2cccnc2n1)N1CCCC2CCCCC21. The summed E-state index contributed by atoms with van der Waals surface area (Å²) in [6.45, 7) is 0.876. The number of nitrogens with zero attached hydrogens (tertiary/aromatic N) is 4. The molecule has 0 N–H and O–H groups in total. The number of likely N-dealkylation sites (tertiary alicyclic amines) is 1. The Morgan fingerprint density at radius 2 is 2.05 bits per heavy atom. The third-order valence-electron chi connectivity index (χ3n) is 4.96. The number of fused-ring (bicyclic) bond motifs is 2. The lowest BCUT2D eigenvalue weighted by molar-refractivity contribution is 0.0386. The zero-order valence-electron chi connectivity index (χ0n) is 12.1. The van der Waals surface area contributed by atoms with Crippen molar-refractivity contribution in [2.75, 3.05) is 6.54 Å². The minimum atomic E-state index is 0.0806. The summed E-state index contributed by atoms with van der Waals surface area (Å²) >= 11 is 0. The molecule has 3 heterocycles. The summed E-state index contributed by atoms with van der Waals surface area (Å²) in [6, 6.07) is 2.28. The summed E-state index contributed by atoms with van der Waals surface area (Å²) in [4.78, 5) is 23.5. The number of carbonyl (C=O) groups is 1. The van der Waals surface area contributed by atoms with Gasteiger partial charge in [-0.05, 0) is 37.7 Å². The number of amides is 1. The van der Waals surface area contributed by atoms with Gasteiger partial charge in [0.05, 0.1) is 0 Å². The van der Waals surface area contributed by atoms with Gasteiger partial charge in [0.25, 0.3) is 5.91 Å². The molecule has 1 saturated heterocycles. The summed E-state index contributed by atoms with van der Waals surface area (Å²) in [7, 11) is 0. The third kappa shape index (κ3) is 2.20. The van der Waals surface area contributed by atoms with Crippen molar-refractivity contribution in [1.29, 1.82) is 0 Å². The maximum absolute atomic E-state index is 12.8. The summed E-state index contributed by atoms with van der Waals surface area (Å²) < 4.78 is 1.82. The first kappa shape index (κ1) is 12.8. The highest BCUT2D eigenvalue weighted by Crippen LogP contribution is 2.35. The molecular formula is C16H20N4O. The lowest BCUT2D eigenvalue weighted by atomic mass is 9.78. The molecule has 2 aliphatic rings. The normalized spacial score (nSPS) is 25.8. The largest absolute Gasteiger partial charge is 0.334 e. The molecule has 2 aromatic rings. The van der Waals surface area contributed by atoms with Crippen LogP contribution in [0.3, 0.4) is 0 Å². The summed E-state index contributed by atoms with van der Waals surface area (Å²) in [5.41, 5.74) is 0.528. The van der Waals surface area contributed by atoms with Gasteiger partial charge in [0, 0.05) is 31.2 Å². The molecule has 110 valence electrons. The quantitative estimate of drug-likeness (QED) is 0.808. The van der Waals surface area contributed by atoms with E-state index < -0.39 is 0 Å². The smallest absolute Gasteiger partial charge is 0.274 e. The fraction of sp³-hybridized carbons (Fsp3) is 0.562. The van der Waals surface area contributed by atoms with Crippen molar-refractivity contribution in [1.82, 2.24) is 19.3 Å². The maximum Gasteiger partial charge on any atom is 0.274 e. The number of aromatic nitrogens is 3. The number of rotatable bonds is 1. The number of imidazole rings is 1. The van der Waals surface area contributed by atoms with Crippen molar-refractivity contribution < 1.29 is 4.79 Å². The Morgan fingerprint density at radius 3 is 2.95 bits per heavy atom. The molecular weight excluding hydrogens is 264 g/mol. The monoisotopic (exact) mass is 284 g/mol. The lowest BCUT2D eigenvalue weighted by Gasteiger charge is -2.43. The molecule has 1 amide bonds. The van der Waals surface area contributed by atoms with E-state index in [1.807, 2.05) is 16.7 Å². The van der Waals surface area contributed by atoms with E-state index in [0.29, 0.717) is 23.4 Å². The van der Waals surface area contributed by atoms with Gasteiger partial charge in [-0.15, -0.1) is 0 Å². The summed E-state index contributed by atoms with van der Waals surface area (Å²) in [6.07, 6.45) is 12.8. The molecule has 5 nitrogen and oxygen atoms in total. The average molecular weight is 284 g/mol. The third-order valence-corrected chi connectivity index (χ3v) is 4.96. The molecule has 0 radical (unpaired) electrons. The van der Waals surface area contributed by atoms with Gasteiger partial charge in [-0.3, -0.25) is 9.20 Å². The molecule has 1 aliphatic heterocycles. The van der Waals surface area contributed by atoms with Crippen LogP contribution in [0.15, 0.2) is 24.7 Å². The van der Waals surface area contributed by atoms with Crippen LogP contribution in [0, 0.1) is 5.92 Å². The molecule has 0 aromatic carbocycles. The molecule has 2 unspecified atom stereocenters. The maximum atomic E-state index is 12.8. The van der Waals surface area contributed by atoms with Crippen molar-refractivity contribution in [3.63, 3.8) is 0 Å². The average Bonchev–Trinajstić information content (AvgIpc) is 2.97. The van der Waals surface area contributed by atoms with Crippen LogP contribution in [0.1, 0.15) is 49.0 Å². The van der Waals surface area contributed by atoms with Gasteiger partial charge in [-0.1, -0.05) is 12.8 Å². The van der Waals surface area contributed by atoms with Gasteiger partial charge in [0.2, 0.25) is 5.78 Å². The predicted molar refractivity (Wildman–Crippen MR) is 79.0 cm³/mol. The molecule has 0 spiro atoms. The van der Waals surface area contributed by atoms with Crippen molar-refractivity contribution in [2.24, 2.45) is 5.92 Å². The van der Waals surface area contributed by atoms with E-state index in [1.54, 1.807) is 12.4 Å². The van der Waals surface area contributed by atoms with E-state index in [0.717, 1.165) is 19.4 Å². The van der Waals surface area contributed by atoms with Gasteiger partial charge in [-0.25, -0.2) is 9.97 Å². The van der Waals surface area contributed by atoms with Crippen LogP contribution in [0.4, 0.5) is 0 Å². The standard InChI is InChI=1S/C16H20N4O/c21-15(13-11-19-9-4-8-17-16(19)18-13)20-10-3-6-12-5-1-2-7-14(12)20/h4,8-9,11-12,14H,1-3,5-7,10H2. The number of carbonyl (C=O) groups excluding carboxylic acids is 1. The first-order valence-corrected chi connectivity index (χ1v) is 7.93. The predicted octanol–water partition coefficient (Wildman–Crippen LogP) is 2.52. The molecule has 1 aliphatic carbocycles. The van der Waals surface area contributed by atoms with E-state index in [4.69, 9.17) is 0 Å². The minimum Gasteiger partial charge on any atom is -0.334 e. The van der Waals surface area contributed by atoms with Crippen molar-refractivity contribution in [2.45, 2.75) is 44.6 Å². The van der Waals surface area contributed by atoms with E-state index in [1.165, 1.54) is 25.7 Å². The summed E-state index contributed by atoms with van der Waals surface area (Å²) in [5, 5.41) is 0. The number of hydrogen-bond donors (Lipinski definition) is 0. The number of hydrogen-bond acceptors (Lipinski definition) is 3. The second kappa shape index (κ2) is 5.13. The number of piperidine rings is 1. The molecule has 1 saturated carbocycles. The van der Waals surface area contributed by atoms with Gasteiger partial charge >= 0.3 is 0 Å². The second-order valence-electron chi connectivity index (χ2n) is 6.21. The first-order valence-electron chi connectivity index (χ1n) is 7.93. The zero-order chi connectivity index (χ0) is 14.2. The molecule has 2 fully saturated rings. The lowest BCUT2D eigenvalue weighted by Crippen LogP contribution is -2.49. The topological polar surface area (TPSA) is 50.5 Å². The Labute approximate surface area is 124 Å². The molecule has 5 heteroatoms. The molecule has 2 aromatic heterocycles. The van der Waals surface area contributed by atoms with Gasteiger partial charge in [0.1, 0.15) is 5.69 Å². The van der Waals surface area contributed by atoms with Crippen LogP contribution < -0.4 is 0 Å². The Hall–Kier alpha value is -1.91. The molecule has 0 bridgehead atoms. The van der Waals surface area contributed by atoms with Crippen molar-refractivity contribution in [3.05, 3.63) is 30.4 Å². The van der Waals surface area contributed by atoms with E-state index >= 15 is 0 Å². The van der Waals surface area contributed by atoms with E-state index in [-0.39, 0.29) is 5.91 Å². The molecule has 21 heavy (non-hydrogen) atoms. The molecule has 2 atom stereocenters. The second-order valence-corrected chi connectivity index (χ2v) is 6.21. The van der Waals surface area contributed by atoms with Gasteiger partial charge in [-0.2, -0.15) is 0 Å². The van der Waals surface area contributed by atoms with Crippen LogP contribution in [-0.4, -0.2) is 37.8 Å². The highest BCUT2D eigenvalue weighted by molar-refractivity contribution is 5.93. The van der Waals surface area contributed by atoms with Gasteiger partial charge < -0.3 is 4.90 Å². The summed E-state index contributed by atoms with van der Waals surface area (Å²) in [5.74, 6) is 1.38. The van der Waals surface area contributed by atoms with Crippen LogP contribution in [0.5, 0.6) is 0 Å². The van der Waals surface area contributed by atoms with E-state index in [9.17, 15) is 4.79 Å². The fourth-order valence-electron chi connectivity index (χ4n) is 3.96. The van der Waals surface area contributed by atoms with E-state index in [2.05, 4.69) is 14.9 Å². The molecule has 4 rings (SSSR count). The Balaban J connectivity index is 1.63. The van der Waals surface area contributed by atoms with Crippen LogP contribution >= 0.6 is 0 Å². The fourth-order valence-corrected chi connectivity index (χ4v) is 3.96. The van der Waals surface area contributed by atoms with Crippen LogP contribution in [0.2, 0.25) is 0 Å². The zero-order valence-corrected chi connectivity index (χ0v) is 12.1. The van der Waals surface area contributed by atoms with Crippen molar-refractivity contribution >= 4 is 11.7 Å². The highest BCUT2D eigenvalue weighted by atomic mass is 16.2. The van der Waals surface area contributed by atoms with Crippen LogP contribution in [-0.2, 0) is 0 Å². The first-order chi connectivity index (χ1) is 10.3. The minimum absolute atomic E-state index is 0.0806. The Bertz CT molecular complexity index is 630. The Kier molecular flexibility index (Phi) is 3.13. The Morgan fingerprint density at radius 1 is 1.19 bits per heavy atom. The van der Waals surface area contributed by atoms with Crippen molar-refractivity contribution in [3.8, 4) is 0 Å².